The van der Waals surface area contributed by atoms with Gasteiger partial charge in [0.05, 0.1) is 26.9 Å². The lowest BCUT2D eigenvalue weighted by molar-refractivity contribution is 0.0938. The summed E-state index contributed by atoms with van der Waals surface area (Å²) in [4.78, 5) is 28.3. The van der Waals surface area contributed by atoms with Crippen LogP contribution in [-0.2, 0) is 0 Å². The molecular formula is C21H19Cl2N3O3. The molecule has 1 aliphatic rings. The van der Waals surface area contributed by atoms with Crippen LogP contribution in [0, 0.1) is 0 Å². The summed E-state index contributed by atoms with van der Waals surface area (Å²) in [6, 6.07) is 7.92. The molecule has 1 heterocycles. The van der Waals surface area contributed by atoms with E-state index in [1.807, 2.05) is 0 Å². The van der Waals surface area contributed by atoms with Crippen molar-refractivity contribution in [3.05, 3.63) is 56.2 Å². The van der Waals surface area contributed by atoms with Gasteiger partial charge in [-0.25, -0.2) is 0 Å². The van der Waals surface area contributed by atoms with Gasteiger partial charge in [-0.05, 0) is 43.2 Å². The number of pyridine rings is 1. The Kier molecular flexibility index (Phi) is 5.15. The van der Waals surface area contributed by atoms with Crippen LogP contribution in [0.1, 0.15) is 36.0 Å². The number of carbonyl (C=O) groups is 1. The van der Waals surface area contributed by atoms with Crippen molar-refractivity contribution < 1.29 is 9.90 Å². The fourth-order valence-electron chi connectivity index (χ4n) is 3.70. The van der Waals surface area contributed by atoms with Crippen LogP contribution in [0.2, 0.25) is 10.0 Å². The zero-order valence-corrected chi connectivity index (χ0v) is 16.9. The second-order valence-corrected chi connectivity index (χ2v) is 8.06. The molecule has 29 heavy (non-hydrogen) atoms. The van der Waals surface area contributed by atoms with E-state index in [2.05, 4.69) is 10.3 Å². The normalized spacial score (nSPS) is 14.4. The van der Waals surface area contributed by atoms with Crippen molar-refractivity contribution >= 4 is 45.7 Å². The van der Waals surface area contributed by atoms with Gasteiger partial charge in [0, 0.05) is 22.6 Å². The number of anilines is 1. The van der Waals surface area contributed by atoms with Crippen molar-refractivity contribution in [3.8, 4) is 17.0 Å². The van der Waals surface area contributed by atoms with E-state index in [0.717, 1.165) is 25.7 Å². The first-order valence-corrected chi connectivity index (χ1v) is 10.1. The SMILES string of the molecule is Nc1c(Cl)cc(-c2[nH]c3cc(C(=O)NC4CCCC4)ccc3c(=O)c2O)cc1Cl. The number of fused-ring (bicyclic) bond motifs is 1. The molecule has 6 nitrogen and oxygen atoms in total. The number of hydrogen-bond donors (Lipinski definition) is 4. The first-order valence-electron chi connectivity index (χ1n) is 9.30. The van der Waals surface area contributed by atoms with Crippen molar-refractivity contribution in [2.75, 3.05) is 5.73 Å². The summed E-state index contributed by atoms with van der Waals surface area (Å²) in [7, 11) is 0. The number of benzene rings is 2. The Balaban J connectivity index is 1.79. The minimum Gasteiger partial charge on any atom is -0.503 e. The van der Waals surface area contributed by atoms with Gasteiger partial charge in [0.1, 0.15) is 0 Å². The predicted molar refractivity (Wildman–Crippen MR) is 116 cm³/mol. The number of aromatic nitrogens is 1. The molecular weight excluding hydrogens is 413 g/mol. The summed E-state index contributed by atoms with van der Waals surface area (Å²) in [5.41, 5.74) is 6.84. The van der Waals surface area contributed by atoms with Crippen molar-refractivity contribution in [2.24, 2.45) is 0 Å². The predicted octanol–water partition coefficient (Wildman–Crippen LogP) is 4.46. The Bertz CT molecular complexity index is 1160. The number of rotatable bonds is 3. The smallest absolute Gasteiger partial charge is 0.251 e. The zero-order valence-electron chi connectivity index (χ0n) is 15.4. The van der Waals surface area contributed by atoms with Crippen LogP contribution in [0.25, 0.3) is 22.2 Å². The lowest BCUT2D eigenvalue weighted by Crippen LogP contribution is -2.32. The van der Waals surface area contributed by atoms with E-state index in [4.69, 9.17) is 28.9 Å². The molecule has 1 aromatic heterocycles. The Morgan fingerprint density at radius 2 is 1.79 bits per heavy atom. The van der Waals surface area contributed by atoms with Gasteiger partial charge in [-0.3, -0.25) is 9.59 Å². The van der Waals surface area contributed by atoms with Crippen molar-refractivity contribution in [1.29, 1.82) is 0 Å². The molecule has 0 saturated heterocycles. The molecule has 1 amide bonds. The maximum atomic E-state index is 12.7. The van der Waals surface area contributed by atoms with Crippen molar-refractivity contribution in [1.82, 2.24) is 10.3 Å². The molecule has 150 valence electrons. The highest BCUT2D eigenvalue weighted by Gasteiger charge is 2.20. The van der Waals surface area contributed by atoms with E-state index in [0.29, 0.717) is 16.6 Å². The lowest BCUT2D eigenvalue weighted by Gasteiger charge is -2.13. The van der Waals surface area contributed by atoms with Crippen LogP contribution in [0.15, 0.2) is 35.1 Å². The summed E-state index contributed by atoms with van der Waals surface area (Å²) in [5.74, 6) is -0.648. The van der Waals surface area contributed by atoms with Crippen LogP contribution in [0.4, 0.5) is 5.69 Å². The first kappa shape index (κ1) is 19.6. The number of nitrogens with two attached hydrogens (primary N) is 1. The quantitative estimate of drug-likeness (QED) is 0.458. The molecule has 3 aromatic rings. The summed E-state index contributed by atoms with van der Waals surface area (Å²) >= 11 is 12.2. The minimum atomic E-state index is -0.555. The Morgan fingerprint density at radius 1 is 1.14 bits per heavy atom. The van der Waals surface area contributed by atoms with E-state index in [1.165, 1.54) is 18.2 Å². The van der Waals surface area contributed by atoms with E-state index < -0.39 is 11.2 Å². The number of aromatic amines is 1. The van der Waals surface area contributed by atoms with Gasteiger partial charge >= 0.3 is 0 Å². The number of halogens is 2. The number of aromatic hydroxyl groups is 1. The van der Waals surface area contributed by atoms with Gasteiger partial charge in [-0.15, -0.1) is 0 Å². The van der Waals surface area contributed by atoms with Crippen LogP contribution < -0.4 is 16.5 Å². The highest BCUT2D eigenvalue weighted by Crippen LogP contribution is 2.35. The van der Waals surface area contributed by atoms with Gasteiger partial charge in [-0.1, -0.05) is 36.0 Å². The second-order valence-electron chi connectivity index (χ2n) is 7.25. The van der Waals surface area contributed by atoms with E-state index in [-0.39, 0.29) is 38.8 Å². The number of carbonyl (C=O) groups excluding carboxylic acids is 1. The van der Waals surface area contributed by atoms with Crippen LogP contribution >= 0.6 is 23.2 Å². The zero-order chi connectivity index (χ0) is 20.7. The molecule has 1 aliphatic carbocycles. The van der Waals surface area contributed by atoms with Crippen LogP contribution in [0.3, 0.4) is 0 Å². The maximum Gasteiger partial charge on any atom is 0.251 e. The average Bonchev–Trinajstić information content (AvgIpc) is 3.21. The third kappa shape index (κ3) is 3.66. The molecule has 1 fully saturated rings. The van der Waals surface area contributed by atoms with E-state index in [1.54, 1.807) is 12.1 Å². The van der Waals surface area contributed by atoms with Crippen molar-refractivity contribution in [2.45, 2.75) is 31.7 Å². The third-order valence-electron chi connectivity index (χ3n) is 5.30. The van der Waals surface area contributed by atoms with E-state index >= 15 is 0 Å². The molecule has 4 rings (SSSR count). The number of hydrogen-bond acceptors (Lipinski definition) is 4. The number of H-pyrrole nitrogens is 1. The summed E-state index contributed by atoms with van der Waals surface area (Å²) < 4.78 is 0. The topological polar surface area (TPSA) is 108 Å². The number of amides is 1. The summed E-state index contributed by atoms with van der Waals surface area (Å²) in [6.45, 7) is 0. The standard InChI is InChI=1S/C21H19Cl2N3O3/c22-14-7-11(8-15(23)17(14)24)18-20(28)19(27)13-6-5-10(9-16(13)26-18)21(29)25-12-3-1-2-4-12/h5-9,12,28H,1-4,24H2,(H,25,29)(H,26,27). The fourth-order valence-corrected chi connectivity index (χ4v) is 4.19. The van der Waals surface area contributed by atoms with Crippen molar-refractivity contribution in [3.63, 3.8) is 0 Å². The molecule has 0 aliphatic heterocycles. The molecule has 0 unspecified atom stereocenters. The van der Waals surface area contributed by atoms with Crippen LogP contribution in [-0.4, -0.2) is 22.0 Å². The monoisotopic (exact) mass is 431 g/mol. The maximum absolute atomic E-state index is 12.7. The number of nitrogen functional groups attached to an aromatic ring is 1. The van der Waals surface area contributed by atoms with Gasteiger partial charge < -0.3 is 21.1 Å². The highest BCUT2D eigenvalue weighted by atomic mass is 35.5. The molecule has 0 atom stereocenters. The van der Waals surface area contributed by atoms with Gasteiger partial charge in [0.15, 0.2) is 5.75 Å². The molecule has 0 spiro atoms. The molecule has 1 saturated carbocycles. The number of nitrogens with one attached hydrogen (secondary N) is 2. The Morgan fingerprint density at radius 3 is 2.45 bits per heavy atom. The Hall–Kier alpha value is -2.70. The highest BCUT2D eigenvalue weighted by molar-refractivity contribution is 6.39. The van der Waals surface area contributed by atoms with Gasteiger partial charge in [0.25, 0.3) is 5.91 Å². The average molecular weight is 432 g/mol. The van der Waals surface area contributed by atoms with Crippen LogP contribution in [0.5, 0.6) is 5.75 Å². The molecule has 5 N–H and O–H groups in total. The molecule has 0 radical (unpaired) electrons. The molecule has 0 bridgehead atoms. The summed E-state index contributed by atoms with van der Waals surface area (Å²) in [5, 5.41) is 14.1. The lowest BCUT2D eigenvalue weighted by atomic mass is 10.1. The summed E-state index contributed by atoms with van der Waals surface area (Å²) in [6.07, 6.45) is 4.19. The minimum absolute atomic E-state index is 0.152. The van der Waals surface area contributed by atoms with E-state index in [9.17, 15) is 14.7 Å². The largest absolute Gasteiger partial charge is 0.503 e. The Labute approximate surface area is 176 Å². The van der Waals surface area contributed by atoms with Gasteiger partial charge in [0.2, 0.25) is 5.43 Å². The molecule has 2 aromatic carbocycles. The second kappa shape index (κ2) is 7.61. The first-order chi connectivity index (χ1) is 13.8. The van der Waals surface area contributed by atoms with Gasteiger partial charge in [-0.2, -0.15) is 0 Å². The molecule has 8 heteroatoms. The fraction of sp³-hybridized carbons (Fsp3) is 0.238. The third-order valence-corrected chi connectivity index (χ3v) is 5.92.